The van der Waals surface area contributed by atoms with Crippen LogP contribution in [0.25, 0.3) is 0 Å². The number of aliphatic carboxylic acids is 1. The molecule has 6 nitrogen and oxygen atoms in total. The van der Waals surface area contributed by atoms with E-state index in [-0.39, 0.29) is 18.2 Å². The van der Waals surface area contributed by atoms with Crippen molar-refractivity contribution in [3.8, 4) is 0 Å². The standard InChI is InChI=1S/C15H18N2O4/c1-8(15(20)21)9(2)16-14(19)11-7-13(18)17-12-6-4-3-5-10(11)12/h3-6,8-9,11H,7H2,1-2H3,(H,16,19)(H,17,18)(H,20,21). The number of benzene rings is 1. The molecule has 3 atom stereocenters. The van der Waals surface area contributed by atoms with Crippen LogP contribution in [0.15, 0.2) is 24.3 Å². The summed E-state index contributed by atoms with van der Waals surface area (Å²) in [6, 6.07) is 6.63. The molecule has 1 aliphatic rings. The third-order valence-corrected chi connectivity index (χ3v) is 3.83. The van der Waals surface area contributed by atoms with Gasteiger partial charge < -0.3 is 15.7 Å². The first-order valence-electron chi connectivity index (χ1n) is 6.82. The Morgan fingerprint density at radius 2 is 2.00 bits per heavy atom. The van der Waals surface area contributed by atoms with Gasteiger partial charge in [-0.2, -0.15) is 0 Å². The molecule has 2 amide bonds. The van der Waals surface area contributed by atoms with Gasteiger partial charge in [-0.1, -0.05) is 18.2 Å². The molecule has 21 heavy (non-hydrogen) atoms. The van der Waals surface area contributed by atoms with Crippen LogP contribution in [-0.2, 0) is 14.4 Å². The van der Waals surface area contributed by atoms with Gasteiger partial charge in [0.05, 0.1) is 11.8 Å². The molecule has 1 aromatic rings. The molecule has 0 saturated carbocycles. The molecule has 3 N–H and O–H groups in total. The summed E-state index contributed by atoms with van der Waals surface area (Å²) in [5, 5.41) is 14.4. The molecule has 112 valence electrons. The molecular weight excluding hydrogens is 272 g/mol. The molecule has 0 saturated heterocycles. The molecule has 0 fully saturated rings. The predicted molar refractivity (Wildman–Crippen MR) is 76.8 cm³/mol. The summed E-state index contributed by atoms with van der Waals surface area (Å²) in [5.41, 5.74) is 1.39. The van der Waals surface area contributed by atoms with Gasteiger partial charge in [0.25, 0.3) is 0 Å². The van der Waals surface area contributed by atoms with Gasteiger partial charge in [0.2, 0.25) is 11.8 Å². The first-order valence-corrected chi connectivity index (χ1v) is 6.82. The minimum absolute atomic E-state index is 0.0665. The van der Waals surface area contributed by atoms with Gasteiger partial charge in [-0.05, 0) is 25.5 Å². The minimum atomic E-state index is -0.968. The summed E-state index contributed by atoms with van der Waals surface area (Å²) in [4.78, 5) is 35.0. The summed E-state index contributed by atoms with van der Waals surface area (Å²) >= 11 is 0. The maximum absolute atomic E-state index is 12.4. The van der Waals surface area contributed by atoms with Crippen LogP contribution in [-0.4, -0.2) is 28.9 Å². The number of hydrogen-bond donors (Lipinski definition) is 3. The highest BCUT2D eigenvalue weighted by atomic mass is 16.4. The number of amides is 2. The first kappa shape index (κ1) is 15.0. The van der Waals surface area contributed by atoms with Crippen LogP contribution < -0.4 is 10.6 Å². The lowest BCUT2D eigenvalue weighted by Gasteiger charge is -2.27. The van der Waals surface area contributed by atoms with E-state index in [9.17, 15) is 14.4 Å². The van der Waals surface area contributed by atoms with Crippen molar-refractivity contribution in [3.05, 3.63) is 29.8 Å². The summed E-state index contributed by atoms with van der Waals surface area (Å²) in [6.07, 6.45) is 0.0665. The molecule has 0 spiro atoms. The number of carbonyl (C=O) groups is 3. The van der Waals surface area contributed by atoms with Gasteiger partial charge in [-0.25, -0.2) is 0 Å². The molecule has 2 rings (SSSR count). The van der Waals surface area contributed by atoms with E-state index < -0.39 is 23.8 Å². The highest BCUT2D eigenvalue weighted by Crippen LogP contribution is 2.32. The van der Waals surface area contributed by atoms with E-state index >= 15 is 0 Å². The maximum Gasteiger partial charge on any atom is 0.308 e. The molecule has 0 aromatic heterocycles. The first-order chi connectivity index (χ1) is 9.90. The number of para-hydroxylation sites is 1. The van der Waals surface area contributed by atoms with Gasteiger partial charge in [0.1, 0.15) is 0 Å². The SMILES string of the molecule is CC(NC(=O)C1CC(=O)Nc2ccccc21)C(C)C(=O)O. The van der Waals surface area contributed by atoms with Crippen molar-refractivity contribution in [2.24, 2.45) is 5.92 Å². The van der Waals surface area contributed by atoms with E-state index in [0.717, 1.165) is 5.56 Å². The number of carboxylic acids is 1. The summed E-state index contributed by atoms with van der Waals surface area (Å²) in [5.74, 6) is -2.78. The Kier molecular flexibility index (Phi) is 4.26. The van der Waals surface area contributed by atoms with Crippen molar-refractivity contribution in [1.29, 1.82) is 0 Å². The number of nitrogens with one attached hydrogen (secondary N) is 2. The molecule has 0 bridgehead atoms. The minimum Gasteiger partial charge on any atom is -0.481 e. The third kappa shape index (κ3) is 3.21. The Morgan fingerprint density at radius 1 is 1.33 bits per heavy atom. The van der Waals surface area contributed by atoms with E-state index in [1.807, 2.05) is 0 Å². The maximum atomic E-state index is 12.4. The third-order valence-electron chi connectivity index (χ3n) is 3.83. The van der Waals surface area contributed by atoms with E-state index in [1.165, 1.54) is 6.92 Å². The van der Waals surface area contributed by atoms with Crippen LogP contribution in [0.5, 0.6) is 0 Å². The Balaban J connectivity index is 2.16. The molecule has 3 unspecified atom stereocenters. The van der Waals surface area contributed by atoms with Gasteiger partial charge >= 0.3 is 5.97 Å². The van der Waals surface area contributed by atoms with Crippen LogP contribution in [0, 0.1) is 5.92 Å². The average Bonchev–Trinajstić information content (AvgIpc) is 2.45. The van der Waals surface area contributed by atoms with Crippen LogP contribution in [0.2, 0.25) is 0 Å². The van der Waals surface area contributed by atoms with E-state index in [1.54, 1.807) is 31.2 Å². The van der Waals surface area contributed by atoms with E-state index in [0.29, 0.717) is 5.69 Å². The van der Waals surface area contributed by atoms with Gasteiger partial charge in [-0.15, -0.1) is 0 Å². The smallest absolute Gasteiger partial charge is 0.308 e. The van der Waals surface area contributed by atoms with Crippen molar-refractivity contribution in [2.75, 3.05) is 5.32 Å². The zero-order chi connectivity index (χ0) is 15.6. The summed E-state index contributed by atoms with van der Waals surface area (Å²) in [6.45, 7) is 3.18. The van der Waals surface area contributed by atoms with Gasteiger partial charge in [0.15, 0.2) is 0 Å². The van der Waals surface area contributed by atoms with E-state index in [2.05, 4.69) is 10.6 Å². The second-order valence-electron chi connectivity index (χ2n) is 5.32. The van der Waals surface area contributed by atoms with Gasteiger partial charge in [-0.3, -0.25) is 14.4 Å². The number of rotatable bonds is 4. The largest absolute Gasteiger partial charge is 0.481 e. The summed E-state index contributed by atoms with van der Waals surface area (Å²) < 4.78 is 0. The molecule has 1 heterocycles. The lowest BCUT2D eigenvalue weighted by molar-refractivity contribution is -0.142. The molecular formula is C15H18N2O4. The summed E-state index contributed by atoms with van der Waals surface area (Å²) in [7, 11) is 0. The molecule has 0 aliphatic carbocycles. The van der Waals surface area contributed by atoms with Crippen LogP contribution in [0.3, 0.4) is 0 Å². The number of fused-ring (bicyclic) bond motifs is 1. The molecule has 6 heteroatoms. The highest BCUT2D eigenvalue weighted by molar-refractivity contribution is 6.01. The lowest BCUT2D eigenvalue weighted by atomic mass is 9.89. The number of carbonyl (C=O) groups excluding carboxylic acids is 2. The average molecular weight is 290 g/mol. The molecule has 0 radical (unpaired) electrons. The van der Waals surface area contributed by atoms with Crippen molar-refractivity contribution in [3.63, 3.8) is 0 Å². The lowest BCUT2D eigenvalue weighted by Crippen LogP contribution is -2.43. The van der Waals surface area contributed by atoms with Crippen LogP contribution in [0.1, 0.15) is 31.7 Å². The zero-order valence-electron chi connectivity index (χ0n) is 11.9. The van der Waals surface area contributed by atoms with Crippen molar-refractivity contribution in [2.45, 2.75) is 32.2 Å². The van der Waals surface area contributed by atoms with Crippen molar-refractivity contribution in [1.82, 2.24) is 5.32 Å². The van der Waals surface area contributed by atoms with Crippen molar-refractivity contribution < 1.29 is 19.5 Å². The molecule has 1 aromatic carbocycles. The zero-order valence-corrected chi connectivity index (χ0v) is 11.9. The quantitative estimate of drug-likeness (QED) is 0.779. The van der Waals surface area contributed by atoms with Crippen molar-refractivity contribution >= 4 is 23.5 Å². The second-order valence-corrected chi connectivity index (χ2v) is 5.32. The fraction of sp³-hybridized carbons (Fsp3) is 0.400. The Bertz CT molecular complexity index is 585. The fourth-order valence-electron chi connectivity index (χ4n) is 2.31. The Labute approximate surface area is 122 Å². The monoisotopic (exact) mass is 290 g/mol. The Hall–Kier alpha value is -2.37. The topological polar surface area (TPSA) is 95.5 Å². The second kappa shape index (κ2) is 5.95. The van der Waals surface area contributed by atoms with Gasteiger partial charge in [0, 0.05) is 18.2 Å². The number of carboxylic acid groups (broad SMARTS) is 1. The number of anilines is 1. The van der Waals surface area contributed by atoms with E-state index in [4.69, 9.17) is 5.11 Å². The van der Waals surface area contributed by atoms with Crippen LogP contribution in [0.4, 0.5) is 5.69 Å². The Morgan fingerprint density at radius 3 is 2.67 bits per heavy atom. The fourth-order valence-corrected chi connectivity index (χ4v) is 2.31. The molecule has 1 aliphatic heterocycles. The normalized spacial score (nSPS) is 19.9. The van der Waals surface area contributed by atoms with Crippen LogP contribution >= 0.6 is 0 Å². The highest BCUT2D eigenvalue weighted by Gasteiger charge is 2.32. The predicted octanol–water partition coefficient (Wildman–Crippen LogP) is 1.34. The number of hydrogen-bond acceptors (Lipinski definition) is 3.